The van der Waals surface area contributed by atoms with Gasteiger partial charge in [0.1, 0.15) is 12.2 Å². The van der Waals surface area contributed by atoms with E-state index < -0.39 is 0 Å². The van der Waals surface area contributed by atoms with Crippen LogP contribution >= 0.6 is 11.3 Å². The average molecular weight is 264 g/mol. The Hall–Kier alpha value is -1.20. The van der Waals surface area contributed by atoms with Gasteiger partial charge in [-0.1, -0.05) is 19.9 Å². The van der Waals surface area contributed by atoms with Crippen molar-refractivity contribution in [3.05, 3.63) is 34.5 Å². The van der Waals surface area contributed by atoms with E-state index in [9.17, 15) is 0 Å². The Balaban J connectivity index is 2.10. The van der Waals surface area contributed by atoms with Crippen LogP contribution in [0.4, 0.5) is 0 Å². The van der Waals surface area contributed by atoms with Crippen LogP contribution in [0.2, 0.25) is 0 Å². The third-order valence-electron chi connectivity index (χ3n) is 2.86. The zero-order chi connectivity index (χ0) is 13.0. The van der Waals surface area contributed by atoms with Crippen LogP contribution in [0.15, 0.2) is 23.8 Å². The Morgan fingerprint density at radius 3 is 2.89 bits per heavy atom. The first-order valence-corrected chi connectivity index (χ1v) is 7.16. The normalized spacial score (nSPS) is 13.1. The molecule has 2 aromatic heterocycles. The van der Waals surface area contributed by atoms with Gasteiger partial charge in [-0.15, -0.1) is 11.3 Å². The van der Waals surface area contributed by atoms with Crippen molar-refractivity contribution in [3.63, 3.8) is 0 Å². The standard InChI is InChI=1S/C13H20N4S/c1-10(2)8-17-13(15-9-16-17)7-11(14-3)12-5-4-6-18-12/h4-6,9-11,14H,7-8H2,1-3H3. The van der Waals surface area contributed by atoms with Crippen LogP contribution in [0, 0.1) is 5.92 Å². The maximum Gasteiger partial charge on any atom is 0.138 e. The van der Waals surface area contributed by atoms with Crippen molar-refractivity contribution in [2.24, 2.45) is 5.92 Å². The third kappa shape index (κ3) is 3.17. The van der Waals surface area contributed by atoms with Crippen molar-refractivity contribution in [1.29, 1.82) is 0 Å². The van der Waals surface area contributed by atoms with Crippen LogP contribution in [-0.2, 0) is 13.0 Å². The van der Waals surface area contributed by atoms with Crippen molar-refractivity contribution in [2.75, 3.05) is 7.05 Å². The van der Waals surface area contributed by atoms with Crippen molar-refractivity contribution in [3.8, 4) is 0 Å². The fraction of sp³-hybridized carbons (Fsp3) is 0.538. The lowest BCUT2D eigenvalue weighted by Gasteiger charge is -2.15. The summed E-state index contributed by atoms with van der Waals surface area (Å²) < 4.78 is 2.02. The largest absolute Gasteiger partial charge is 0.312 e. The summed E-state index contributed by atoms with van der Waals surface area (Å²) in [6.45, 7) is 5.32. The summed E-state index contributed by atoms with van der Waals surface area (Å²) in [7, 11) is 1.99. The fourth-order valence-electron chi connectivity index (χ4n) is 1.96. The van der Waals surface area contributed by atoms with Gasteiger partial charge in [0.2, 0.25) is 0 Å². The summed E-state index contributed by atoms with van der Waals surface area (Å²) in [6, 6.07) is 4.57. The Morgan fingerprint density at radius 1 is 1.44 bits per heavy atom. The van der Waals surface area contributed by atoms with E-state index in [1.165, 1.54) is 4.88 Å². The van der Waals surface area contributed by atoms with Crippen LogP contribution in [0.5, 0.6) is 0 Å². The molecule has 0 aliphatic carbocycles. The Labute approximate surface area is 112 Å². The molecular weight excluding hydrogens is 244 g/mol. The van der Waals surface area contributed by atoms with Gasteiger partial charge in [-0.05, 0) is 24.4 Å². The molecular formula is C13H20N4S. The van der Waals surface area contributed by atoms with E-state index in [4.69, 9.17) is 0 Å². The minimum Gasteiger partial charge on any atom is -0.312 e. The van der Waals surface area contributed by atoms with Crippen LogP contribution in [0.25, 0.3) is 0 Å². The SMILES string of the molecule is CNC(Cc1ncnn1CC(C)C)c1cccs1. The van der Waals surface area contributed by atoms with Crippen molar-refractivity contribution in [1.82, 2.24) is 20.1 Å². The highest BCUT2D eigenvalue weighted by Gasteiger charge is 2.15. The summed E-state index contributed by atoms with van der Waals surface area (Å²) >= 11 is 1.78. The molecule has 2 aromatic rings. The smallest absolute Gasteiger partial charge is 0.138 e. The second kappa shape index (κ2) is 6.11. The number of thiophene rings is 1. The molecule has 0 amide bonds. The van der Waals surface area contributed by atoms with Gasteiger partial charge in [0.25, 0.3) is 0 Å². The minimum absolute atomic E-state index is 0.320. The van der Waals surface area contributed by atoms with Gasteiger partial charge in [-0.25, -0.2) is 9.67 Å². The van der Waals surface area contributed by atoms with E-state index in [0.29, 0.717) is 12.0 Å². The third-order valence-corrected chi connectivity index (χ3v) is 3.84. The van der Waals surface area contributed by atoms with Crippen molar-refractivity contribution >= 4 is 11.3 Å². The van der Waals surface area contributed by atoms with Gasteiger partial charge in [-0.2, -0.15) is 5.10 Å². The lowest BCUT2D eigenvalue weighted by atomic mass is 10.1. The van der Waals surface area contributed by atoms with Crippen LogP contribution < -0.4 is 5.32 Å². The Morgan fingerprint density at radius 2 is 2.28 bits per heavy atom. The number of nitrogens with one attached hydrogen (secondary N) is 1. The molecule has 1 atom stereocenters. The summed E-state index contributed by atoms with van der Waals surface area (Å²) in [5, 5.41) is 9.77. The molecule has 0 aliphatic rings. The highest BCUT2D eigenvalue weighted by atomic mass is 32.1. The van der Waals surface area contributed by atoms with E-state index in [0.717, 1.165) is 18.8 Å². The Kier molecular flexibility index (Phi) is 4.49. The zero-order valence-corrected chi connectivity index (χ0v) is 11.9. The summed E-state index contributed by atoms with van der Waals surface area (Å²) in [5.41, 5.74) is 0. The van der Waals surface area contributed by atoms with Crippen LogP contribution in [-0.4, -0.2) is 21.8 Å². The van der Waals surface area contributed by atoms with Crippen LogP contribution in [0.1, 0.15) is 30.6 Å². The number of rotatable bonds is 6. The maximum absolute atomic E-state index is 4.38. The van der Waals surface area contributed by atoms with E-state index in [-0.39, 0.29) is 0 Å². The predicted octanol–water partition coefficient (Wildman–Crippen LogP) is 2.50. The summed E-state index contributed by atoms with van der Waals surface area (Å²) in [4.78, 5) is 5.73. The number of hydrogen-bond donors (Lipinski definition) is 1. The topological polar surface area (TPSA) is 42.7 Å². The van der Waals surface area contributed by atoms with Gasteiger partial charge in [0.15, 0.2) is 0 Å². The molecule has 2 heterocycles. The van der Waals surface area contributed by atoms with Gasteiger partial charge in [0, 0.05) is 23.9 Å². The van der Waals surface area contributed by atoms with Crippen molar-refractivity contribution < 1.29 is 0 Å². The highest BCUT2D eigenvalue weighted by molar-refractivity contribution is 7.10. The molecule has 0 saturated heterocycles. The number of likely N-dealkylation sites (N-methyl/N-ethyl adjacent to an activating group) is 1. The van der Waals surface area contributed by atoms with Crippen LogP contribution in [0.3, 0.4) is 0 Å². The molecule has 0 aliphatic heterocycles. The van der Waals surface area contributed by atoms with Gasteiger partial charge < -0.3 is 5.32 Å². The summed E-state index contributed by atoms with van der Waals surface area (Å²) in [6.07, 6.45) is 2.53. The van der Waals surface area contributed by atoms with E-state index in [1.54, 1.807) is 17.7 Å². The molecule has 0 spiro atoms. The molecule has 2 rings (SSSR count). The fourth-order valence-corrected chi connectivity index (χ4v) is 2.80. The average Bonchev–Trinajstić information content (AvgIpc) is 2.96. The highest BCUT2D eigenvalue weighted by Crippen LogP contribution is 2.21. The number of hydrogen-bond acceptors (Lipinski definition) is 4. The Bertz CT molecular complexity index is 461. The predicted molar refractivity (Wildman–Crippen MR) is 74.7 cm³/mol. The first-order valence-electron chi connectivity index (χ1n) is 6.28. The maximum atomic E-state index is 4.38. The molecule has 98 valence electrons. The first-order chi connectivity index (χ1) is 8.70. The number of nitrogens with zero attached hydrogens (tertiary/aromatic N) is 3. The molecule has 0 saturated carbocycles. The molecule has 1 N–H and O–H groups in total. The molecule has 1 unspecified atom stereocenters. The van der Waals surface area contributed by atoms with Gasteiger partial charge in [-0.3, -0.25) is 0 Å². The minimum atomic E-state index is 0.320. The quantitative estimate of drug-likeness (QED) is 0.871. The second-order valence-corrected chi connectivity index (χ2v) is 5.79. The molecule has 0 aromatic carbocycles. The van der Waals surface area contributed by atoms with Gasteiger partial charge in [0.05, 0.1) is 0 Å². The zero-order valence-electron chi connectivity index (χ0n) is 11.1. The second-order valence-electron chi connectivity index (χ2n) is 4.81. The molecule has 18 heavy (non-hydrogen) atoms. The molecule has 0 radical (unpaired) electrons. The summed E-state index contributed by atoms with van der Waals surface area (Å²) in [5.74, 6) is 1.64. The molecule has 5 heteroatoms. The van der Waals surface area contributed by atoms with E-state index in [1.807, 2.05) is 11.7 Å². The lowest BCUT2D eigenvalue weighted by molar-refractivity contribution is 0.452. The first kappa shape index (κ1) is 13.2. The number of aromatic nitrogens is 3. The molecule has 0 fully saturated rings. The van der Waals surface area contributed by atoms with E-state index >= 15 is 0 Å². The van der Waals surface area contributed by atoms with E-state index in [2.05, 4.69) is 46.8 Å². The van der Waals surface area contributed by atoms with Crippen molar-refractivity contribution in [2.45, 2.75) is 32.9 Å². The van der Waals surface area contributed by atoms with Gasteiger partial charge >= 0.3 is 0 Å². The molecule has 0 bridgehead atoms. The monoisotopic (exact) mass is 264 g/mol. The molecule has 4 nitrogen and oxygen atoms in total. The lowest BCUT2D eigenvalue weighted by Crippen LogP contribution is -2.21.